The average Bonchev–Trinajstić information content (AvgIpc) is 3.91. The van der Waals surface area contributed by atoms with Crippen molar-refractivity contribution in [2.75, 3.05) is 41.3 Å². The molecule has 1 aromatic heterocycles. The predicted molar refractivity (Wildman–Crippen MR) is 199 cm³/mol. The number of aliphatic hydroxyl groups is 4. The summed E-state index contributed by atoms with van der Waals surface area (Å²) in [6, 6.07) is 21.3. The van der Waals surface area contributed by atoms with E-state index in [1.165, 1.54) is 0 Å². The zero-order valence-electron chi connectivity index (χ0n) is 27.4. The number of phenolic OH excluding ortho intramolecular Hbond substituents is 1. The second kappa shape index (κ2) is 13.8. The molecule has 3 aliphatic heterocycles. The van der Waals surface area contributed by atoms with Gasteiger partial charge in [0.2, 0.25) is 6.29 Å². The van der Waals surface area contributed by atoms with E-state index in [9.17, 15) is 35.1 Å². The number of aliphatic hydroxyl groups excluding tert-OH is 4. The van der Waals surface area contributed by atoms with E-state index in [-0.39, 0.29) is 53.5 Å². The van der Waals surface area contributed by atoms with E-state index in [0.717, 1.165) is 33.2 Å². The summed E-state index contributed by atoms with van der Waals surface area (Å²) < 4.78 is 11.8. The number of anilines is 2. The number of carbonyl (C=O) groups is 2. The van der Waals surface area contributed by atoms with Crippen LogP contribution in [0.15, 0.2) is 72.8 Å². The van der Waals surface area contributed by atoms with Gasteiger partial charge >= 0.3 is 0 Å². The molecule has 14 heteroatoms. The molecule has 1 saturated heterocycles. The molecule has 1 fully saturated rings. The quantitative estimate of drug-likeness (QED) is 0.145. The van der Waals surface area contributed by atoms with Gasteiger partial charge in [-0.2, -0.15) is 0 Å². The lowest BCUT2D eigenvalue weighted by Crippen LogP contribution is -2.60. The van der Waals surface area contributed by atoms with Crippen LogP contribution in [0.3, 0.4) is 0 Å². The van der Waals surface area contributed by atoms with Gasteiger partial charge in [-0.05, 0) is 34.0 Å². The van der Waals surface area contributed by atoms with Crippen molar-refractivity contribution in [1.29, 1.82) is 0 Å². The van der Waals surface area contributed by atoms with Crippen molar-refractivity contribution in [2.24, 2.45) is 0 Å². The molecule has 0 spiro atoms. The number of rotatable bonds is 7. The second-order valence-corrected chi connectivity index (χ2v) is 14.9. The summed E-state index contributed by atoms with van der Waals surface area (Å²) in [5, 5.41) is 54.8. The van der Waals surface area contributed by atoms with Gasteiger partial charge in [-0.1, -0.05) is 48.5 Å². The van der Waals surface area contributed by atoms with Crippen LogP contribution in [0.1, 0.15) is 42.3 Å². The normalized spacial score (nSPS) is 25.5. The maximum atomic E-state index is 14.3. The lowest BCUT2D eigenvalue weighted by molar-refractivity contribution is -0.277. The standard InChI is InChI=1S/C38H34Cl2N2O9S/c39-13-18-15-41(24-11-26(44)20-5-1-3-7-22(20)31(18)24)36(48)29-9-10-30(52-29)37(49)42-16-19(14-40)32-23-8-4-2-6-21(23)27(12-25(32)42)50-38-35(47)34(46)33(45)28(17-43)51-38/h1-12,18-19,28,33-35,38,43-47H,13-17H2/t18-,19-,28?,33?,34?,35?,38?/m1/s1. The summed E-state index contributed by atoms with van der Waals surface area (Å²) in [6.45, 7) is -0.0270. The largest absolute Gasteiger partial charge is 0.507 e. The van der Waals surface area contributed by atoms with Gasteiger partial charge in [0.25, 0.3) is 11.8 Å². The molecule has 3 aliphatic rings. The van der Waals surface area contributed by atoms with Crippen LogP contribution in [0.4, 0.5) is 11.4 Å². The number of fused-ring (bicyclic) bond motifs is 6. The zero-order valence-corrected chi connectivity index (χ0v) is 29.8. The van der Waals surface area contributed by atoms with Gasteiger partial charge in [-0.25, -0.2) is 0 Å². The molecule has 8 rings (SSSR count). The van der Waals surface area contributed by atoms with Gasteiger partial charge in [-0.15, -0.1) is 34.5 Å². The number of amides is 2. The molecule has 52 heavy (non-hydrogen) atoms. The monoisotopic (exact) mass is 764 g/mol. The molecule has 0 bridgehead atoms. The van der Waals surface area contributed by atoms with Crippen LogP contribution >= 0.6 is 34.5 Å². The Morgan fingerprint density at radius 2 is 1.27 bits per heavy atom. The molecule has 5 unspecified atom stereocenters. The number of phenols is 1. The van der Waals surface area contributed by atoms with Gasteiger partial charge in [0, 0.05) is 59.6 Å². The summed E-state index contributed by atoms with van der Waals surface area (Å²) in [5.41, 5.74) is 2.85. The molecule has 5 aromatic rings. The first kappa shape index (κ1) is 35.1. The predicted octanol–water partition coefficient (Wildman–Crippen LogP) is 4.90. The number of alkyl halides is 2. The minimum absolute atomic E-state index is 0.0633. The summed E-state index contributed by atoms with van der Waals surface area (Å²) in [6.07, 6.45) is -7.42. The Balaban J connectivity index is 1.12. The topological polar surface area (TPSA) is 160 Å². The van der Waals surface area contributed by atoms with E-state index >= 15 is 0 Å². The van der Waals surface area contributed by atoms with E-state index in [0.29, 0.717) is 38.4 Å². The van der Waals surface area contributed by atoms with Crippen LogP contribution in [0.25, 0.3) is 21.5 Å². The molecule has 7 atom stereocenters. The maximum Gasteiger partial charge on any atom is 0.268 e. The molecule has 0 aliphatic carbocycles. The highest BCUT2D eigenvalue weighted by Crippen LogP contribution is 2.48. The Morgan fingerprint density at radius 3 is 1.83 bits per heavy atom. The van der Waals surface area contributed by atoms with Crippen molar-refractivity contribution >= 4 is 79.3 Å². The van der Waals surface area contributed by atoms with Crippen molar-refractivity contribution in [3.63, 3.8) is 0 Å². The molecule has 0 saturated carbocycles. The molecule has 0 radical (unpaired) electrons. The van der Waals surface area contributed by atoms with Crippen molar-refractivity contribution in [3.05, 3.63) is 93.7 Å². The first-order chi connectivity index (χ1) is 25.1. The highest BCUT2D eigenvalue weighted by molar-refractivity contribution is 7.16. The fourth-order valence-electron chi connectivity index (χ4n) is 7.70. The lowest BCUT2D eigenvalue weighted by Gasteiger charge is -2.39. The third kappa shape index (κ3) is 5.60. The van der Waals surface area contributed by atoms with Crippen LogP contribution in [-0.2, 0) is 4.74 Å². The minimum Gasteiger partial charge on any atom is -0.507 e. The Bertz CT molecular complexity index is 2210. The molecule has 5 N–H and O–H groups in total. The summed E-state index contributed by atoms with van der Waals surface area (Å²) in [5.74, 6) is -0.227. The maximum absolute atomic E-state index is 14.3. The number of thiophene rings is 1. The molecule has 2 amide bonds. The van der Waals surface area contributed by atoms with Gasteiger partial charge in [-0.3, -0.25) is 9.59 Å². The Labute approximate surface area is 311 Å². The number of hydrogen-bond donors (Lipinski definition) is 5. The molecule has 4 aromatic carbocycles. The number of hydrogen-bond acceptors (Lipinski definition) is 10. The van der Waals surface area contributed by atoms with Crippen molar-refractivity contribution in [3.8, 4) is 11.5 Å². The zero-order chi connectivity index (χ0) is 36.4. The minimum atomic E-state index is -1.63. The van der Waals surface area contributed by atoms with E-state index in [1.54, 1.807) is 34.1 Å². The van der Waals surface area contributed by atoms with Crippen molar-refractivity contribution in [1.82, 2.24) is 0 Å². The number of aromatic hydroxyl groups is 1. The second-order valence-electron chi connectivity index (χ2n) is 13.2. The highest BCUT2D eigenvalue weighted by Gasteiger charge is 2.45. The van der Waals surface area contributed by atoms with Gasteiger partial charge in [0.15, 0.2) is 0 Å². The Hall–Kier alpha value is -3.98. The average molecular weight is 766 g/mol. The number of carbonyl (C=O) groups excluding carboxylic acids is 2. The van der Waals surface area contributed by atoms with E-state index < -0.39 is 37.3 Å². The Kier molecular flexibility index (Phi) is 9.29. The SMILES string of the molecule is O=C(c1ccc(C(=O)N2C[C@@H](CCl)c3c2cc(OC2OC(CO)C(O)C(O)C2O)c2ccccc32)s1)N1C[C@@H](CCl)c2c1cc(O)c1ccccc21. The molecular weight excluding hydrogens is 731 g/mol. The number of halogens is 2. The lowest BCUT2D eigenvalue weighted by atomic mass is 9.95. The fourth-order valence-corrected chi connectivity index (χ4v) is 9.11. The number of ether oxygens (including phenoxy) is 2. The molecule has 11 nitrogen and oxygen atoms in total. The smallest absolute Gasteiger partial charge is 0.268 e. The summed E-state index contributed by atoms with van der Waals surface area (Å²) in [4.78, 5) is 32.2. The molecule has 270 valence electrons. The van der Waals surface area contributed by atoms with Crippen molar-refractivity contribution in [2.45, 2.75) is 42.5 Å². The highest BCUT2D eigenvalue weighted by atomic mass is 35.5. The van der Waals surface area contributed by atoms with Crippen LogP contribution in [0.2, 0.25) is 0 Å². The van der Waals surface area contributed by atoms with Crippen LogP contribution in [0, 0.1) is 0 Å². The van der Waals surface area contributed by atoms with Crippen LogP contribution in [0.5, 0.6) is 11.5 Å². The third-order valence-corrected chi connectivity index (χ3v) is 12.1. The summed E-state index contributed by atoms with van der Waals surface area (Å²) in [7, 11) is 0. The first-order valence-corrected chi connectivity index (χ1v) is 18.7. The molecular formula is C38H34Cl2N2O9S. The fraction of sp³-hybridized carbons (Fsp3) is 0.316. The molecule has 4 heterocycles. The first-order valence-electron chi connectivity index (χ1n) is 16.8. The Morgan fingerprint density at radius 1 is 0.750 bits per heavy atom. The van der Waals surface area contributed by atoms with Crippen molar-refractivity contribution < 1.29 is 44.6 Å². The number of nitrogens with zero attached hydrogens (tertiary/aromatic N) is 2. The van der Waals surface area contributed by atoms with Gasteiger partial charge in [0.1, 0.15) is 35.9 Å². The number of benzene rings is 4. The van der Waals surface area contributed by atoms with E-state index in [1.807, 2.05) is 48.5 Å². The third-order valence-electron chi connectivity index (χ3n) is 10.3. The van der Waals surface area contributed by atoms with E-state index in [2.05, 4.69) is 0 Å². The van der Waals surface area contributed by atoms with Gasteiger partial charge < -0.3 is 44.8 Å². The summed E-state index contributed by atoms with van der Waals surface area (Å²) >= 11 is 13.9. The van der Waals surface area contributed by atoms with E-state index in [4.69, 9.17) is 32.7 Å². The van der Waals surface area contributed by atoms with Crippen LogP contribution < -0.4 is 14.5 Å². The van der Waals surface area contributed by atoms with Gasteiger partial charge in [0.05, 0.1) is 27.7 Å². The van der Waals surface area contributed by atoms with Crippen LogP contribution in [-0.4, -0.2) is 99.5 Å².